The van der Waals surface area contributed by atoms with Crippen LogP contribution >= 0.6 is 0 Å². The van der Waals surface area contributed by atoms with Crippen LogP contribution in [0.4, 0.5) is 0 Å². The smallest absolute Gasteiger partial charge is 0.0939 e. The van der Waals surface area contributed by atoms with E-state index in [0.29, 0.717) is 12.0 Å². The van der Waals surface area contributed by atoms with E-state index in [2.05, 4.69) is 0 Å². The SMILES string of the molecule is NC(CC1CCCCCC1)C1CCOC2(CCOC2)C1. The van der Waals surface area contributed by atoms with Crippen molar-refractivity contribution in [3.8, 4) is 0 Å². The van der Waals surface area contributed by atoms with E-state index in [1.807, 2.05) is 0 Å². The molecular formula is C17H31NO2. The number of nitrogens with two attached hydrogens (primary N) is 1. The summed E-state index contributed by atoms with van der Waals surface area (Å²) in [6, 6.07) is 0.375. The highest BCUT2D eigenvalue weighted by Crippen LogP contribution is 2.38. The first kappa shape index (κ1) is 14.8. The summed E-state index contributed by atoms with van der Waals surface area (Å²) in [6.07, 6.45) is 13.1. The molecule has 1 spiro atoms. The van der Waals surface area contributed by atoms with Crippen LogP contribution in [0.3, 0.4) is 0 Å². The number of ether oxygens (including phenoxy) is 2. The monoisotopic (exact) mass is 281 g/mol. The van der Waals surface area contributed by atoms with Crippen molar-refractivity contribution in [3.05, 3.63) is 0 Å². The lowest BCUT2D eigenvalue weighted by atomic mass is 9.78. The number of hydrogen-bond donors (Lipinski definition) is 1. The van der Waals surface area contributed by atoms with Gasteiger partial charge in [-0.15, -0.1) is 0 Å². The summed E-state index contributed by atoms with van der Waals surface area (Å²) in [5.74, 6) is 1.53. The van der Waals surface area contributed by atoms with E-state index >= 15 is 0 Å². The maximum atomic E-state index is 6.58. The van der Waals surface area contributed by atoms with Gasteiger partial charge in [-0.05, 0) is 31.1 Å². The average Bonchev–Trinajstić information content (AvgIpc) is 2.74. The number of rotatable bonds is 3. The van der Waals surface area contributed by atoms with Gasteiger partial charge in [-0.1, -0.05) is 38.5 Å². The molecule has 0 amide bonds. The van der Waals surface area contributed by atoms with Crippen molar-refractivity contribution in [2.24, 2.45) is 17.6 Å². The molecule has 2 saturated heterocycles. The minimum Gasteiger partial charge on any atom is -0.378 e. The summed E-state index contributed by atoms with van der Waals surface area (Å²) >= 11 is 0. The molecular weight excluding hydrogens is 250 g/mol. The predicted octanol–water partition coefficient (Wildman–Crippen LogP) is 3.26. The van der Waals surface area contributed by atoms with Gasteiger partial charge in [0.1, 0.15) is 0 Å². The van der Waals surface area contributed by atoms with Crippen LogP contribution in [0.15, 0.2) is 0 Å². The van der Waals surface area contributed by atoms with Crippen LogP contribution in [0.5, 0.6) is 0 Å². The molecule has 2 aliphatic heterocycles. The summed E-state index contributed by atoms with van der Waals surface area (Å²) < 4.78 is 11.6. The third-order valence-electron chi connectivity index (χ3n) is 5.78. The standard InChI is InChI=1S/C17H31NO2/c18-16(11-14-5-3-1-2-4-6-14)15-7-9-20-17(12-15)8-10-19-13-17/h14-16H,1-13,18H2. The fourth-order valence-corrected chi connectivity index (χ4v) is 4.47. The van der Waals surface area contributed by atoms with Gasteiger partial charge in [-0.2, -0.15) is 0 Å². The van der Waals surface area contributed by atoms with E-state index in [9.17, 15) is 0 Å². The maximum absolute atomic E-state index is 6.58. The Balaban J connectivity index is 1.52. The fourth-order valence-electron chi connectivity index (χ4n) is 4.47. The zero-order valence-corrected chi connectivity index (χ0v) is 12.8. The van der Waals surface area contributed by atoms with E-state index in [1.165, 1.54) is 44.9 Å². The van der Waals surface area contributed by atoms with Crippen LogP contribution in [-0.4, -0.2) is 31.5 Å². The Bertz CT molecular complexity index is 293. The van der Waals surface area contributed by atoms with Crippen molar-refractivity contribution < 1.29 is 9.47 Å². The molecule has 116 valence electrons. The van der Waals surface area contributed by atoms with E-state index in [-0.39, 0.29) is 5.60 Å². The zero-order valence-electron chi connectivity index (χ0n) is 12.8. The average molecular weight is 281 g/mol. The van der Waals surface area contributed by atoms with Crippen molar-refractivity contribution in [1.29, 1.82) is 0 Å². The molecule has 3 unspecified atom stereocenters. The minimum atomic E-state index is 0.0178. The first-order valence-corrected chi connectivity index (χ1v) is 8.75. The van der Waals surface area contributed by atoms with Crippen LogP contribution in [0.2, 0.25) is 0 Å². The third kappa shape index (κ3) is 3.55. The van der Waals surface area contributed by atoms with Gasteiger partial charge in [-0.25, -0.2) is 0 Å². The highest BCUT2D eigenvalue weighted by molar-refractivity contribution is 4.93. The van der Waals surface area contributed by atoms with Gasteiger partial charge >= 0.3 is 0 Å². The highest BCUT2D eigenvalue weighted by atomic mass is 16.6. The van der Waals surface area contributed by atoms with Gasteiger partial charge in [0.2, 0.25) is 0 Å². The van der Waals surface area contributed by atoms with Crippen LogP contribution in [0.25, 0.3) is 0 Å². The van der Waals surface area contributed by atoms with Gasteiger partial charge in [0.05, 0.1) is 12.2 Å². The van der Waals surface area contributed by atoms with Crippen molar-refractivity contribution in [2.45, 2.75) is 75.9 Å². The van der Waals surface area contributed by atoms with Crippen molar-refractivity contribution >= 4 is 0 Å². The van der Waals surface area contributed by atoms with E-state index in [0.717, 1.165) is 45.0 Å². The molecule has 0 aromatic carbocycles. The van der Waals surface area contributed by atoms with Gasteiger partial charge in [-0.3, -0.25) is 0 Å². The van der Waals surface area contributed by atoms with Gasteiger partial charge in [0.25, 0.3) is 0 Å². The van der Waals surface area contributed by atoms with Crippen molar-refractivity contribution in [2.75, 3.05) is 19.8 Å². The molecule has 20 heavy (non-hydrogen) atoms. The second-order valence-electron chi connectivity index (χ2n) is 7.34. The molecule has 3 rings (SSSR count). The van der Waals surface area contributed by atoms with E-state index < -0.39 is 0 Å². The summed E-state index contributed by atoms with van der Waals surface area (Å²) in [4.78, 5) is 0. The molecule has 0 aromatic rings. The Morgan fingerprint density at radius 3 is 2.55 bits per heavy atom. The summed E-state index contributed by atoms with van der Waals surface area (Å²) in [5, 5.41) is 0. The topological polar surface area (TPSA) is 44.5 Å². The lowest BCUT2D eigenvalue weighted by Crippen LogP contribution is -2.46. The molecule has 1 aliphatic carbocycles. The second-order valence-corrected chi connectivity index (χ2v) is 7.34. The zero-order chi connectivity index (χ0) is 13.8. The Hall–Kier alpha value is -0.120. The lowest BCUT2D eigenvalue weighted by molar-refractivity contribution is -0.102. The van der Waals surface area contributed by atoms with Crippen molar-refractivity contribution in [1.82, 2.24) is 0 Å². The molecule has 3 aliphatic rings. The molecule has 2 heterocycles. The van der Waals surface area contributed by atoms with Crippen LogP contribution in [-0.2, 0) is 9.47 Å². The molecule has 3 heteroatoms. The van der Waals surface area contributed by atoms with Crippen LogP contribution in [0.1, 0.15) is 64.2 Å². The molecule has 0 bridgehead atoms. The van der Waals surface area contributed by atoms with Crippen LogP contribution < -0.4 is 5.73 Å². The minimum absolute atomic E-state index is 0.0178. The maximum Gasteiger partial charge on any atom is 0.0939 e. The molecule has 3 nitrogen and oxygen atoms in total. The predicted molar refractivity (Wildman–Crippen MR) is 80.6 cm³/mol. The normalized spacial score (nSPS) is 38.0. The Morgan fingerprint density at radius 1 is 1.05 bits per heavy atom. The number of hydrogen-bond acceptors (Lipinski definition) is 3. The van der Waals surface area contributed by atoms with Gasteiger partial charge in [0.15, 0.2) is 0 Å². The second kappa shape index (κ2) is 6.76. The summed E-state index contributed by atoms with van der Waals surface area (Å²) in [6.45, 7) is 2.54. The summed E-state index contributed by atoms with van der Waals surface area (Å²) in [5.41, 5.74) is 6.60. The Labute approximate surface area is 123 Å². The molecule has 2 N–H and O–H groups in total. The van der Waals surface area contributed by atoms with E-state index in [4.69, 9.17) is 15.2 Å². The van der Waals surface area contributed by atoms with Gasteiger partial charge < -0.3 is 15.2 Å². The van der Waals surface area contributed by atoms with Gasteiger partial charge in [0, 0.05) is 25.7 Å². The Morgan fingerprint density at radius 2 is 1.85 bits per heavy atom. The molecule has 3 atom stereocenters. The lowest BCUT2D eigenvalue weighted by Gasteiger charge is -2.40. The molecule has 3 fully saturated rings. The highest BCUT2D eigenvalue weighted by Gasteiger charge is 2.42. The first-order chi connectivity index (χ1) is 9.77. The quantitative estimate of drug-likeness (QED) is 0.808. The first-order valence-electron chi connectivity index (χ1n) is 8.75. The Kier molecular flexibility index (Phi) is 5.00. The molecule has 1 saturated carbocycles. The fraction of sp³-hybridized carbons (Fsp3) is 1.00. The summed E-state index contributed by atoms with van der Waals surface area (Å²) in [7, 11) is 0. The van der Waals surface area contributed by atoms with E-state index in [1.54, 1.807) is 0 Å². The van der Waals surface area contributed by atoms with Crippen molar-refractivity contribution in [3.63, 3.8) is 0 Å². The molecule has 0 aromatic heterocycles. The van der Waals surface area contributed by atoms with Crippen LogP contribution in [0, 0.1) is 11.8 Å². The third-order valence-corrected chi connectivity index (χ3v) is 5.78. The molecule has 0 radical (unpaired) electrons. The largest absolute Gasteiger partial charge is 0.378 e.